The Morgan fingerprint density at radius 2 is 2.12 bits per heavy atom. The molecular formula is C14H22FNO. The van der Waals surface area contributed by atoms with Crippen LogP contribution in [0.2, 0.25) is 0 Å². The van der Waals surface area contributed by atoms with Gasteiger partial charge in [-0.1, -0.05) is 26.3 Å². The minimum absolute atomic E-state index is 0.179. The van der Waals surface area contributed by atoms with Crippen molar-refractivity contribution >= 4 is 0 Å². The molecule has 0 aliphatic rings. The second-order valence-electron chi connectivity index (χ2n) is 4.11. The summed E-state index contributed by atoms with van der Waals surface area (Å²) in [7, 11) is 0. The van der Waals surface area contributed by atoms with Gasteiger partial charge in [-0.05, 0) is 30.7 Å². The molecular weight excluding hydrogens is 217 g/mol. The molecule has 17 heavy (non-hydrogen) atoms. The average molecular weight is 239 g/mol. The van der Waals surface area contributed by atoms with E-state index in [4.69, 9.17) is 4.74 Å². The van der Waals surface area contributed by atoms with Crippen LogP contribution in [0.15, 0.2) is 18.2 Å². The maximum atomic E-state index is 13.5. The van der Waals surface area contributed by atoms with E-state index >= 15 is 0 Å². The molecule has 0 amide bonds. The summed E-state index contributed by atoms with van der Waals surface area (Å²) in [5, 5.41) is 3.22. The molecule has 0 saturated carbocycles. The first kappa shape index (κ1) is 14.1. The molecule has 3 heteroatoms. The molecule has 1 rings (SSSR count). The van der Waals surface area contributed by atoms with Gasteiger partial charge < -0.3 is 10.1 Å². The summed E-state index contributed by atoms with van der Waals surface area (Å²) in [6.45, 7) is 6.93. The Balaban J connectivity index is 2.50. The van der Waals surface area contributed by atoms with E-state index in [2.05, 4.69) is 19.2 Å². The highest BCUT2D eigenvalue weighted by atomic mass is 19.1. The van der Waals surface area contributed by atoms with E-state index in [1.807, 2.05) is 12.1 Å². The van der Waals surface area contributed by atoms with Crippen LogP contribution in [0.25, 0.3) is 0 Å². The molecule has 96 valence electrons. The predicted molar refractivity (Wildman–Crippen MR) is 68.3 cm³/mol. The number of halogens is 1. The summed E-state index contributed by atoms with van der Waals surface area (Å²) in [4.78, 5) is 0. The van der Waals surface area contributed by atoms with Crippen molar-refractivity contribution in [3.63, 3.8) is 0 Å². The van der Waals surface area contributed by atoms with Crippen molar-refractivity contribution in [3.05, 3.63) is 35.1 Å². The van der Waals surface area contributed by atoms with E-state index in [-0.39, 0.29) is 5.82 Å². The molecule has 0 atom stereocenters. The van der Waals surface area contributed by atoms with E-state index in [0.717, 1.165) is 31.5 Å². The summed E-state index contributed by atoms with van der Waals surface area (Å²) >= 11 is 0. The first-order valence-corrected chi connectivity index (χ1v) is 6.33. The number of ether oxygens (including phenoxy) is 1. The van der Waals surface area contributed by atoms with Gasteiger partial charge in [-0.3, -0.25) is 0 Å². The molecule has 1 aromatic rings. The molecule has 0 aliphatic carbocycles. The van der Waals surface area contributed by atoms with Gasteiger partial charge in [-0.2, -0.15) is 0 Å². The Morgan fingerprint density at radius 1 is 1.29 bits per heavy atom. The van der Waals surface area contributed by atoms with Crippen LogP contribution in [-0.2, 0) is 17.9 Å². The van der Waals surface area contributed by atoms with Gasteiger partial charge in [0.2, 0.25) is 0 Å². The monoisotopic (exact) mass is 239 g/mol. The summed E-state index contributed by atoms with van der Waals surface area (Å²) < 4.78 is 18.9. The number of hydrogen-bond acceptors (Lipinski definition) is 2. The maximum absolute atomic E-state index is 13.5. The summed E-state index contributed by atoms with van der Waals surface area (Å²) in [6.07, 6.45) is 2.13. The van der Waals surface area contributed by atoms with Gasteiger partial charge in [-0.25, -0.2) is 4.39 Å². The van der Waals surface area contributed by atoms with Gasteiger partial charge in [0.1, 0.15) is 5.82 Å². The second-order valence-corrected chi connectivity index (χ2v) is 4.11. The Labute approximate surface area is 103 Å². The van der Waals surface area contributed by atoms with Gasteiger partial charge in [0.25, 0.3) is 0 Å². The molecule has 2 nitrogen and oxygen atoms in total. The fraction of sp³-hybridized carbons (Fsp3) is 0.571. The molecule has 1 aromatic carbocycles. The third-order valence-corrected chi connectivity index (χ3v) is 2.59. The second kappa shape index (κ2) is 8.20. The minimum atomic E-state index is -0.179. The predicted octanol–water partition coefficient (Wildman–Crippen LogP) is 3.25. The van der Waals surface area contributed by atoms with Crippen LogP contribution >= 0.6 is 0 Å². The molecule has 0 saturated heterocycles. The zero-order valence-electron chi connectivity index (χ0n) is 10.8. The van der Waals surface area contributed by atoms with Crippen LogP contribution in [0.3, 0.4) is 0 Å². The summed E-state index contributed by atoms with van der Waals surface area (Å²) in [6, 6.07) is 5.21. The number of unbranched alkanes of at least 4 members (excludes halogenated alkanes) is 1. The van der Waals surface area contributed by atoms with Gasteiger partial charge >= 0.3 is 0 Å². The first-order valence-electron chi connectivity index (χ1n) is 6.33. The zero-order valence-corrected chi connectivity index (χ0v) is 10.8. The quantitative estimate of drug-likeness (QED) is 0.703. The highest BCUT2D eigenvalue weighted by Crippen LogP contribution is 2.12. The maximum Gasteiger partial charge on any atom is 0.128 e. The lowest BCUT2D eigenvalue weighted by Gasteiger charge is -2.08. The number of nitrogens with one attached hydrogen (secondary N) is 1. The van der Waals surface area contributed by atoms with Crippen molar-refractivity contribution in [2.75, 3.05) is 13.2 Å². The van der Waals surface area contributed by atoms with E-state index in [0.29, 0.717) is 18.8 Å². The largest absolute Gasteiger partial charge is 0.377 e. The Hall–Kier alpha value is -0.930. The lowest BCUT2D eigenvalue weighted by atomic mass is 10.1. The van der Waals surface area contributed by atoms with Gasteiger partial charge in [0.05, 0.1) is 6.61 Å². The lowest BCUT2D eigenvalue weighted by Crippen LogP contribution is -2.12. The van der Waals surface area contributed by atoms with Crippen LogP contribution in [-0.4, -0.2) is 13.2 Å². The molecule has 0 radical (unpaired) electrons. The third kappa shape index (κ3) is 5.29. The van der Waals surface area contributed by atoms with Crippen LogP contribution in [0.4, 0.5) is 4.39 Å². The van der Waals surface area contributed by atoms with Crippen LogP contribution in [0.5, 0.6) is 0 Å². The van der Waals surface area contributed by atoms with E-state index in [1.165, 1.54) is 6.07 Å². The van der Waals surface area contributed by atoms with Crippen LogP contribution < -0.4 is 5.32 Å². The zero-order chi connectivity index (χ0) is 12.5. The third-order valence-electron chi connectivity index (χ3n) is 2.59. The van der Waals surface area contributed by atoms with E-state index in [1.54, 1.807) is 0 Å². The van der Waals surface area contributed by atoms with Crippen molar-refractivity contribution in [2.45, 2.75) is 39.8 Å². The highest BCUT2D eigenvalue weighted by Gasteiger charge is 2.03. The van der Waals surface area contributed by atoms with Crippen molar-refractivity contribution in [1.29, 1.82) is 0 Å². The standard InChI is InChI=1S/C14H22FNO/c1-3-5-8-17-11-13-9-12(10-16-4-2)6-7-14(13)15/h6-7,9,16H,3-5,8,10-11H2,1-2H3. The van der Waals surface area contributed by atoms with Crippen molar-refractivity contribution < 1.29 is 9.13 Å². The van der Waals surface area contributed by atoms with Crippen LogP contribution in [0.1, 0.15) is 37.8 Å². The minimum Gasteiger partial charge on any atom is -0.377 e. The smallest absolute Gasteiger partial charge is 0.128 e. The Kier molecular flexibility index (Phi) is 6.82. The van der Waals surface area contributed by atoms with Crippen molar-refractivity contribution in [3.8, 4) is 0 Å². The fourth-order valence-electron chi connectivity index (χ4n) is 1.55. The molecule has 0 unspecified atom stereocenters. The summed E-state index contributed by atoms with van der Waals surface area (Å²) in [5.41, 5.74) is 1.75. The topological polar surface area (TPSA) is 21.3 Å². The van der Waals surface area contributed by atoms with Crippen molar-refractivity contribution in [2.24, 2.45) is 0 Å². The average Bonchev–Trinajstić information content (AvgIpc) is 2.35. The molecule has 0 aliphatic heterocycles. The molecule has 0 fully saturated rings. The van der Waals surface area contributed by atoms with E-state index < -0.39 is 0 Å². The highest BCUT2D eigenvalue weighted by molar-refractivity contribution is 5.24. The van der Waals surface area contributed by atoms with Crippen molar-refractivity contribution in [1.82, 2.24) is 5.32 Å². The van der Waals surface area contributed by atoms with Gasteiger partial charge in [0.15, 0.2) is 0 Å². The normalized spacial score (nSPS) is 10.8. The van der Waals surface area contributed by atoms with Gasteiger partial charge in [0, 0.05) is 18.7 Å². The lowest BCUT2D eigenvalue weighted by molar-refractivity contribution is 0.115. The number of benzene rings is 1. The molecule has 0 aromatic heterocycles. The number of hydrogen-bond donors (Lipinski definition) is 1. The SMILES string of the molecule is CCCCOCc1cc(CNCC)ccc1F. The molecule has 0 heterocycles. The van der Waals surface area contributed by atoms with Gasteiger partial charge in [-0.15, -0.1) is 0 Å². The first-order chi connectivity index (χ1) is 8.27. The number of rotatable bonds is 8. The Bertz CT molecular complexity index is 328. The van der Waals surface area contributed by atoms with Crippen LogP contribution in [0, 0.1) is 5.82 Å². The molecule has 0 bridgehead atoms. The van der Waals surface area contributed by atoms with E-state index in [9.17, 15) is 4.39 Å². The molecule has 0 spiro atoms. The molecule has 1 N–H and O–H groups in total. The fourth-order valence-corrected chi connectivity index (χ4v) is 1.55. The Morgan fingerprint density at radius 3 is 2.82 bits per heavy atom. The summed E-state index contributed by atoms with van der Waals surface area (Å²) in [5.74, 6) is -0.179.